The maximum atomic E-state index is 12.6. The predicted octanol–water partition coefficient (Wildman–Crippen LogP) is 2.48. The molecule has 6 nitrogen and oxygen atoms in total. The first-order valence-electron chi connectivity index (χ1n) is 8.58. The third-order valence-corrected chi connectivity index (χ3v) is 4.91. The van der Waals surface area contributed by atoms with Crippen LogP contribution in [-0.2, 0) is 11.3 Å². The number of ether oxygens (including phenoxy) is 1. The number of likely N-dealkylation sites (N-methyl/N-ethyl adjacent to an activating group) is 1. The number of aliphatic hydroxyl groups excluding tert-OH is 1. The SMILES string of the molecule is CCOCC(O)CN(C)Cc1nc2scc(-c3ccccc3)c2c(=O)[nH]1. The van der Waals surface area contributed by atoms with E-state index < -0.39 is 6.10 Å². The van der Waals surface area contributed by atoms with E-state index in [1.807, 2.05) is 54.6 Å². The lowest BCUT2D eigenvalue weighted by Gasteiger charge is -2.19. The van der Waals surface area contributed by atoms with Crippen LogP contribution >= 0.6 is 11.3 Å². The summed E-state index contributed by atoms with van der Waals surface area (Å²) in [5.41, 5.74) is 1.79. The molecule has 0 saturated heterocycles. The molecular formula is C19H23N3O3S. The largest absolute Gasteiger partial charge is 0.389 e. The summed E-state index contributed by atoms with van der Waals surface area (Å²) in [4.78, 5) is 22.7. The van der Waals surface area contributed by atoms with Crippen LogP contribution in [0, 0.1) is 0 Å². The molecule has 138 valence electrons. The van der Waals surface area contributed by atoms with Crippen LogP contribution in [0.2, 0.25) is 0 Å². The Bertz CT molecular complexity index is 907. The molecule has 0 aliphatic carbocycles. The number of hydrogen-bond acceptors (Lipinski definition) is 6. The summed E-state index contributed by atoms with van der Waals surface area (Å²) < 4.78 is 5.22. The minimum atomic E-state index is -0.568. The Morgan fingerprint density at radius 1 is 1.35 bits per heavy atom. The van der Waals surface area contributed by atoms with Crippen molar-refractivity contribution in [3.05, 3.63) is 51.9 Å². The molecule has 0 bridgehead atoms. The fourth-order valence-electron chi connectivity index (χ4n) is 2.89. The van der Waals surface area contributed by atoms with Gasteiger partial charge < -0.3 is 14.8 Å². The van der Waals surface area contributed by atoms with Gasteiger partial charge in [0.15, 0.2) is 0 Å². The standard InChI is InChI=1S/C19H23N3O3S/c1-3-25-11-14(23)9-22(2)10-16-20-18(24)17-15(12-26-19(17)21-16)13-7-5-4-6-8-13/h4-8,12,14,23H,3,9-11H2,1-2H3,(H,20,21,24). The molecule has 0 saturated carbocycles. The zero-order valence-corrected chi connectivity index (χ0v) is 15.8. The first-order valence-corrected chi connectivity index (χ1v) is 9.46. The van der Waals surface area contributed by atoms with Crippen LogP contribution in [0.25, 0.3) is 21.3 Å². The predicted molar refractivity (Wildman–Crippen MR) is 105 cm³/mol. The highest BCUT2D eigenvalue weighted by Gasteiger charge is 2.14. The molecule has 1 atom stereocenters. The molecule has 26 heavy (non-hydrogen) atoms. The highest BCUT2D eigenvalue weighted by atomic mass is 32.1. The minimum absolute atomic E-state index is 0.131. The van der Waals surface area contributed by atoms with Crippen molar-refractivity contribution in [1.29, 1.82) is 0 Å². The number of H-pyrrole nitrogens is 1. The highest BCUT2D eigenvalue weighted by molar-refractivity contribution is 7.17. The van der Waals surface area contributed by atoms with Gasteiger partial charge in [-0.15, -0.1) is 11.3 Å². The summed E-state index contributed by atoms with van der Waals surface area (Å²) in [7, 11) is 1.88. The number of benzene rings is 1. The van der Waals surface area contributed by atoms with Gasteiger partial charge in [-0.05, 0) is 19.5 Å². The summed E-state index contributed by atoms with van der Waals surface area (Å²) >= 11 is 1.47. The third kappa shape index (κ3) is 4.37. The van der Waals surface area contributed by atoms with E-state index in [2.05, 4.69) is 9.97 Å². The van der Waals surface area contributed by atoms with E-state index in [1.165, 1.54) is 11.3 Å². The molecule has 0 spiro atoms. The molecule has 2 aromatic heterocycles. The summed E-state index contributed by atoms with van der Waals surface area (Å²) in [5, 5.41) is 12.5. The second-order valence-electron chi connectivity index (χ2n) is 6.22. The number of hydrogen-bond donors (Lipinski definition) is 2. The fourth-order valence-corrected chi connectivity index (χ4v) is 3.85. The smallest absolute Gasteiger partial charge is 0.260 e. The number of fused-ring (bicyclic) bond motifs is 1. The molecule has 3 rings (SSSR count). The van der Waals surface area contributed by atoms with Gasteiger partial charge >= 0.3 is 0 Å². The van der Waals surface area contributed by atoms with E-state index in [9.17, 15) is 9.90 Å². The monoisotopic (exact) mass is 373 g/mol. The lowest BCUT2D eigenvalue weighted by atomic mass is 10.1. The Morgan fingerprint density at radius 3 is 2.85 bits per heavy atom. The first kappa shape index (κ1) is 18.7. The molecular weight excluding hydrogens is 350 g/mol. The zero-order valence-electron chi connectivity index (χ0n) is 14.9. The minimum Gasteiger partial charge on any atom is -0.389 e. The average molecular weight is 373 g/mol. The summed E-state index contributed by atoms with van der Waals surface area (Å²) in [5.74, 6) is 0.593. The van der Waals surface area contributed by atoms with Gasteiger partial charge in [0.2, 0.25) is 0 Å². The lowest BCUT2D eigenvalue weighted by molar-refractivity contribution is 0.0240. The number of thiophene rings is 1. The molecule has 1 unspecified atom stereocenters. The Balaban J connectivity index is 1.79. The van der Waals surface area contributed by atoms with Gasteiger partial charge in [-0.3, -0.25) is 9.69 Å². The van der Waals surface area contributed by atoms with E-state index in [0.717, 1.165) is 16.0 Å². The topological polar surface area (TPSA) is 78.5 Å². The number of aromatic nitrogens is 2. The van der Waals surface area contributed by atoms with Gasteiger partial charge in [0.05, 0.1) is 24.6 Å². The Labute approximate surface area is 156 Å². The molecule has 3 aromatic rings. The van der Waals surface area contributed by atoms with E-state index in [1.54, 1.807) is 0 Å². The first-order chi connectivity index (χ1) is 12.6. The van der Waals surface area contributed by atoms with Gasteiger partial charge in [0.25, 0.3) is 5.56 Å². The van der Waals surface area contributed by atoms with Gasteiger partial charge in [-0.25, -0.2) is 4.98 Å². The molecule has 0 radical (unpaired) electrons. The number of aromatic amines is 1. The van der Waals surface area contributed by atoms with Crippen molar-refractivity contribution >= 4 is 21.6 Å². The molecule has 2 N–H and O–H groups in total. The van der Waals surface area contributed by atoms with Crippen LogP contribution in [0.4, 0.5) is 0 Å². The summed E-state index contributed by atoms with van der Waals surface area (Å²) in [6, 6.07) is 9.84. The summed E-state index contributed by atoms with van der Waals surface area (Å²) in [6.45, 7) is 3.67. The van der Waals surface area contributed by atoms with Crippen LogP contribution in [0.5, 0.6) is 0 Å². The van der Waals surface area contributed by atoms with Crippen LogP contribution in [-0.4, -0.2) is 52.9 Å². The molecule has 0 amide bonds. The van der Waals surface area contributed by atoms with E-state index in [0.29, 0.717) is 37.5 Å². The molecule has 7 heteroatoms. The van der Waals surface area contributed by atoms with Crippen molar-refractivity contribution in [2.45, 2.75) is 19.6 Å². The Hall–Kier alpha value is -2.06. The number of nitrogens with zero attached hydrogens (tertiary/aromatic N) is 2. The van der Waals surface area contributed by atoms with Crippen molar-refractivity contribution in [2.75, 3.05) is 26.8 Å². The van der Waals surface area contributed by atoms with Crippen molar-refractivity contribution in [1.82, 2.24) is 14.9 Å². The van der Waals surface area contributed by atoms with Crippen molar-refractivity contribution in [3.8, 4) is 11.1 Å². The normalized spacial score (nSPS) is 12.8. The van der Waals surface area contributed by atoms with Crippen molar-refractivity contribution < 1.29 is 9.84 Å². The van der Waals surface area contributed by atoms with Crippen LogP contribution in [0.15, 0.2) is 40.5 Å². The van der Waals surface area contributed by atoms with E-state index >= 15 is 0 Å². The lowest BCUT2D eigenvalue weighted by Crippen LogP contribution is -2.32. The summed E-state index contributed by atoms with van der Waals surface area (Å²) in [6.07, 6.45) is -0.568. The maximum absolute atomic E-state index is 12.6. The number of rotatable bonds is 8. The van der Waals surface area contributed by atoms with Gasteiger partial charge in [-0.1, -0.05) is 30.3 Å². The quantitative estimate of drug-likeness (QED) is 0.634. The zero-order chi connectivity index (χ0) is 18.5. The van der Waals surface area contributed by atoms with Crippen LogP contribution < -0.4 is 5.56 Å². The molecule has 0 fully saturated rings. The number of aliphatic hydroxyl groups is 1. The molecule has 2 heterocycles. The van der Waals surface area contributed by atoms with E-state index in [-0.39, 0.29) is 5.56 Å². The molecule has 1 aromatic carbocycles. The molecule has 0 aliphatic heterocycles. The molecule has 0 aliphatic rings. The highest BCUT2D eigenvalue weighted by Crippen LogP contribution is 2.30. The second kappa shape index (κ2) is 8.55. The fraction of sp³-hybridized carbons (Fsp3) is 0.368. The third-order valence-electron chi connectivity index (χ3n) is 4.03. The van der Waals surface area contributed by atoms with Crippen LogP contribution in [0.3, 0.4) is 0 Å². The van der Waals surface area contributed by atoms with Crippen molar-refractivity contribution in [2.24, 2.45) is 0 Å². The number of nitrogens with one attached hydrogen (secondary N) is 1. The Morgan fingerprint density at radius 2 is 2.12 bits per heavy atom. The second-order valence-corrected chi connectivity index (χ2v) is 7.08. The van der Waals surface area contributed by atoms with E-state index in [4.69, 9.17) is 4.74 Å². The maximum Gasteiger partial charge on any atom is 0.260 e. The van der Waals surface area contributed by atoms with Gasteiger partial charge in [0.1, 0.15) is 10.7 Å². The van der Waals surface area contributed by atoms with Gasteiger partial charge in [-0.2, -0.15) is 0 Å². The van der Waals surface area contributed by atoms with Crippen LogP contribution in [0.1, 0.15) is 12.7 Å². The Kier molecular flexibility index (Phi) is 6.16. The average Bonchev–Trinajstić information content (AvgIpc) is 3.05. The van der Waals surface area contributed by atoms with Gasteiger partial charge in [0, 0.05) is 24.1 Å². The van der Waals surface area contributed by atoms with Crippen molar-refractivity contribution in [3.63, 3.8) is 0 Å².